The Labute approximate surface area is 159 Å². The van der Waals surface area contributed by atoms with Gasteiger partial charge in [-0.1, -0.05) is 61.9 Å². The van der Waals surface area contributed by atoms with Gasteiger partial charge in [0.2, 0.25) is 0 Å². The summed E-state index contributed by atoms with van der Waals surface area (Å²) >= 11 is 0. The Morgan fingerprint density at radius 1 is 0.741 bits per heavy atom. The number of aromatic nitrogens is 2. The van der Waals surface area contributed by atoms with Crippen molar-refractivity contribution in [3.05, 3.63) is 78.9 Å². The number of benzene rings is 3. The first-order valence-electron chi connectivity index (χ1n) is 9.41. The lowest BCUT2D eigenvalue weighted by atomic mass is 9.96. The van der Waals surface area contributed by atoms with Gasteiger partial charge in [-0.25, -0.2) is 0 Å². The van der Waals surface area contributed by atoms with Gasteiger partial charge >= 0.3 is 0 Å². The fraction of sp³-hybridized carbons (Fsp3) is 0.167. The molecule has 4 rings (SSSR count). The topological polar surface area (TPSA) is 35.0 Å². The molecule has 0 saturated heterocycles. The van der Waals surface area contributed by atoms with Crippen molar-refractivity contribution in [1.82, 2.24) is 10.2 Å². The second-order valence-electron chi connectivity index (χ2n) is 6.53. The second kappa shape index (κ2) is 8.00. The molecule has 0 saturated carbocycles. The van der Waals surface area contributed by atoms with Crippen molar-refractivity contribution >= 4 is 10.9 Å². The van der Waals surface area contributed by atoms with Crippen LogP contribution in [0.2, 0.25) is 0 Å². The van der Waals surface area contributed by atoms with Crippen LogP contribution in [0.15, 0.2) is 78.9 Å². The molecule has 0 aliphatic rings. The normalized spacial score (nSPS) is 10.9. The van der Waals surface area contributed by atoms with Gasteiger partial charge in [0.25, 0.3) is 0 Å². The van der Waals surface area contributed by atoms with E-state index in [2.05, 4.69) is 59.6 Å². The highest BCUT2D eigenvalue weighted by atomic mass is 16.5. The zero-order chi connectivity index (χ0) is 18.5. The summed E-state index contributed by atoms with van der Waals surface area (Å²) in [6, 6.07) is 26.7. The standard InChI is InChI=1S/C24H22N2O/c1-2-3-17-27-20-15-13-19(14-16-20)24-23(18-9-5-4-6-10-18)21-11-7-8-12-22(21)25-26-24/h4-16H,2-3,17H2,1H3. The van der Waals surface area contributed by atoms with E-state index < -0.39 is 0 Å². The molecule has 27 heavy (non-hydrogen) atoms. The number of fused-ring (bicyclic) bond motifs is 1. The van der Waals surface area contributed by atoms with Crippen LogP contribution in [0.1, 0.15) is 19.8 Å². The van der Waals surface area contributed by atoms with Gasteiger partial charge < -0.3 is 4.74 Å². The number of ether oxygens (including phenoxy) is 1. The van der Waals surface area contributed by atoms with Crippen LogP contribution in [0.4, 0.5) is 0 Å². The van der Waals surface area contributed by atoms with Gasteiger partial charge in [0.05, 0.1) is 12.1 Å². The quantitative estimate of drug-likeness (QED) is 0.390. The largest absolute Gasteiger partial charge is 0.494 e. The third kappa shape index (κ3) is 3.68. The van der Waals surface area contributed by atoms with Crippen molar-refractivity contribution in [3.8, 4) is 28.1 Å². The first-order chi connectivity index (χ1) is 13.4. The minimum atomic E-state index is 0.751. The maximum Gasteiger partial charge on any atom is 0.119 e. The molecule has 3 nitrogen and oxygen atoms in total. The number of rotatable bonds is 6. The third-order valence-corrected chi connectivity index (χ3v) is 4.62. The lowest BCUT2D eigenvalue weighted by Gasteiger charge is -2.12. The van der Waals surface area contributed by atoms with Crippen molar-refractivity contribution in [3.63, 3.8) is 0 Å². The molecule has 0 aliphatic carbocycles. The minimum Gasteiger partial charge on any atom is -0.494 e. The molecule has 134 valence electrons. The number of unbranched alkanes of at least 4 members (excludes halogenated alkanes) is 1. The van der Waals surface area contributed by atoms with Crippen LogP contribution in [0.5, 0.6) is 5.75 Å². The van der Waals surface area contributed by atoms with E-state index in [1.165, 1.54) is 0 Å². The highest BCUT2D eigenvalue weighted by Gasteiger charge is 2.14. The molecular weight excluding hydrogens is 332 g/mol. The van der Waals surface area contributed by atoms with E-state index in [0.29, 0.717) is 0 Å². The minimum absolute atomic E-state index is 0.751. The Morgan fingerprint density at radius 2 is 1.48 bits per heavy atom. The Balaban J connectivity index is 1.80. The number of nitrogens with zero attached hydrogens (tertiary/aromatic N) is 2. The van der Waals surface area contributed by atoms with E-state index in [4.69, 9.17) is 4.74 Å². The van der Waals surface area contributed by atoms with Gasteiger partial charge in [-0.05, 0) is 42.3 Å². The summed E-state index contributed by atoms with van der Waals surface area (Å²) in [7, 11) is 0. The van der Waals surface area contributed by atoms with Crippen LogP contribution >= 0.6 is 0 Å². The van der Waals surface area contributed by atoms with E-state index in [1.807, 2.05) is 36.4 Å². The molecule has 0 amide bonds. The summed E-state index contributed by atoms with van der Waals surface area (Å²) in [6.07, 6.45) is 2.20. The second-order valence-corrected chi connectivity index (χ2v) is 6.53. The molecule has 1 aromatic heterocycles. The predicted octanol–water partition coefficient (Wildman–Crippen LogP) is 6.14. The fourth-order valence-electron chi connectivity index (χ4n) is 3.20. The molecule has 0 N–H and O–H groups in total. The first kappa shape index (κ1) is 17.2. The van der Waals surface area contributed by atoms with Crippen molar-refractivity contribution in [2.75, 3.05) is 6.61 Å². The molecule has 0 bridgehead atoms. The molecule has 3 heteroatoms. The van der Waals surface area contributed by atoms with Crippen LogP contribution in [-0.4, -0.2) is 16.8 Å². The monoisotopic (exact) mass is 354 g/mol. The molecule has 4 aromatic rings. The van der Waals surface area contributed by atoms with Crippen LogP contribution < -0.4 is 4.74 Å². The molecule has 0 fully saturated rings. The lowest BCUT2D eigenvalue weighted by molar-refractivity contribution is 0.309. The smallest absolute Gasteiger partial charge is 0.119 e. The zero-order valence-electron chi connectivity index (χ0n) is 15.4. The van der Waals surface area contributed by atoms with Crippen molar-refractivity contribution < 1.29 is 4.74 Å². The van der Waals surface area contributed by atoms with Gasteiger partial charge in [-0.3, -0.25) is 0 Å². The molecule has 0 spiro atoms. The van der Waals surface area contributed by atoms with E-state index in [9.17, 15) is 0 Å². The summed E-state index contributed by atoms with van der Waals surface area (Å²) < 4.78 is 5.79. The van der Waals surface area contributed by atoms with Gasteiger partial charge in [-0.2, -0.15) is 0 Å². The average Bonchev–Trinajstić information content (AvgIpc) is 2.74. The Kier molecular flexibility index (Phi) is 5.10. The van der Waals surface area contributed by atoms with E-state index in [1.54, 1.807) is 0 Å². The molecule has 1 heterocycles. The van der Waals surface area contributed by atoms with Crippen molar-refractivity contribution in [2.24, 2.45) is 0 Å². The first-order valence-corrected chi connectivity index (χ1v) is 9.41. The van der Waals surface area contributed by atoms with Crippen LogP contribution in [0.3, 0.4) is 0 Å². The summed E-state index contributed by atoms with van der Waals surface area (Å²) in [6.45, 7) is 2.91. The van der Waals surface area contributed by atoms with Crippen molar-refractivity contribution in [1.29, 1.82) is 0 Å². The Morgan fingerprint density at radius 3 is 2.26 bits per heavy atom. The molecular formula is C24H22N2O. The zero-order valence-corrected chi connectivity index (χ0v) is 15.4. The van der Waals surface area contributed by atoms with E-state index >= 15 is 0 Å². The predicted molar refractivity (Wildman–Crippen MR) is 111 cm³/mol. The number of hydrogen-bond acceptors (Lipinski definition) is 3. The molecule has 0 aliphatic heterocycles. The Hall–Kier alpha value is -3.20. The maximum atomic E-state index is 5.79. The van der Waals surface area contributed by atoms with Crippen LogP contribution in [-0.2, 0) is 0 Å². The van der Waals surface area contributed by atoms with Gasteiger partial charge in [-0.15, -0.1) is 10.2 Å². The van der Waals surface area contributed by atoms with E-state index in [-0.39, 0.29) is 0 Å². The summed E-state index contributed by atoms with van der Waals surface area (Å²) in [4.78, 5) is 0. The highest BCUT2D eigenvalue weighted by molar-refractivity contribution is 6.00. The van der Waals surface area contributed by atoms with Gasteiger partial charge in [0.15, 0.2) is 0 Å². The summed E-state index contributed by atoms with van der Waals surface area (Å²) in [5, 5.41) is 10.1. The number of hydrogen-bond donors (Lipinski definition) is 0. The lowest BCUT2D eigenvalue weighted by Crippen LogP contribution is -1.97. The molecule has 3 aromatic carbocycles. The summed E-state index contributed by atoms with van der Waals surface area (Å²) in [5.74, 6) is 0.891. The van der Waals surface area contributed by atoms with Gasteiger partial charge in [0, 0.05) is 16.5 Å². The van der Waals surface area contributed by atoms with Crippen molar-refractivity contribution in [2.45, 2.75) is 19.8 Å². The molecule has 0 atom stereocenters. The molecule has 0 unspecified atom stereocenters. The van der Waals surface area contributed by atoms with Gasteiger partial charge in [0.1, 0.15) is 11.4 Å². The third-order valence-electron chi connectivity index (χ3n) is 4.62. The average molecular weight is 354 g/mol. The maximum absolute atomic E-state index is 5.79. The fourth-order valence-corrected chi connectivity index (χ4v) is 3.20. The van der Waals surface area contributed by atoms with Crippen LogP contribution in [0, 0.1) is 0 Å². The molecule has 0 radical (unpaired) electrons. The SMILES string of the molecule is CCCCOc1ccc(-c2nnc3ccccc3c2-c2ccccc2)cc1. The highest BCUT2D eigenvalue weighted by Crippen LogP contribution is 2.35. The van der Waals surface area contributed by atoms with E-state index in [0.717, 1.165) is 58.5 Å². The summed E-state index contributed by atoms with van der Waals surface area (Å²) in [5.41, 5.74) is 5.08. The Bertz CT molecular complexity index is 1030. The van der Waals surface area contributed by atoms with Crippen LogP contribution in [0.25, 0.3) is 33.3 Å².